The van der Waals surface area contributed by atoms with Gasteiger partial charge in [0.25, 0.3) is 5.91 Å². The van der Waals surface area contributed by atoms with E-state index < -0.39 is 5.54 Å². The first-order valence-electron chi connectivity index (χ1n) is 9.91. The largest absolute Gasteiger partial charge is 0.340 e. The molecule has 0 N–H and O–H groups in total. The summed E-state index contributed by atoms with van der Waals surface area (Å²) in [6, 6.07) is 19.6. The molecule has 1 spiro atoms. The monoisotopic (exact) mass is 362 g/mol. The van der Waals surface area contributed by atoms with Crippen LogP contribution in [0.25, 0.3) is 0 Å². The van der Waals surface area contributed by atoms with Crippen LogP contribution in [0, 0.1) is 0 Å². The maximum absolute atomic E-state index is 13.4. The first-order chi connectivity index (χ1) is 13.2. The van der Waals surface area contributed by atoms with Gasteiger partial charge in [0.15, 0.2) is 0 Å². The lowest BCUT2D eigenvalue weighted by Gasteiger charge is -2.44. The first kappa shape index (κ1) is 17.8. The van der Waals surface area contributed by atoms with E-state index >= 15 is 0 Å². The van der Waals surface area contributed by atoms with E-state index in [4.69, 9.17) is 0 Å². The highest BCUT2D eigenvalue weighted by atomic mass is 16.2. The highest BCUT2D eigenvalue weighted by Crippen LogP contribution is 2.39. The minimum Gasteiger partial charge on any atom is -0.340 e. The van der Waals surface area contributed by atoms with Gasteiger partial charge in [-0.1, -0.05) is 48.5 Å². The van der Waals surface area contributed by atoms with Crippen LogP contribution in [0.3, 0.4) is 0 Å². The summed E-state index contributed by atoms with van der Waals surface area (Å²) in [5.41, 5.74) is 1.28. The summed E-state index contributed by atoms with van der Waals surface area (Å²) in [6.07, 6.45) is 4.28. The predicted octanol–water partition coefficient (Wildman–Crippen LogP) is 3.53. The Morgan fingerprint density at radius 1 is 0.889 bits per heavy atom. The number of hydrogen-bond donors (Lipinski definition) is 0. The molecule has 1 unspecified atom stereocenters. The van der Waals surface area contributed by atoms with Crippen LogP contribution >= 0.6 is 0 Å². The lowest BCUT2D eigenvalue weighted by atomic mass is 9.84. The molecule has 0 bridgehead atoms. The number of nitrogens with zero attached hydrogens (tertiary/aromatic N) is 2. The molecule has 4 heteroatoms. The Morgan fingerprint density at radius 3 is 2.22 bits per heavy atom. The summed E-state index contributed by atoms with van der Waals surface area (Å²) >= 11 is 0. The van der Waals surface area contributed by atoms with Crippen LogP contribution in [0.15, 0.2) is 60.7 Å². The molecule has 0 radical (unpaired) electrons. The maximum atomic E-state index is 13.4. The van der Waals surface area contributed by atoms with E-state index in [0.29, 0.717) is 12.1 Å². The topological polar surface area (TPSA) is 40.6 Å². The molecule has 2 aromatic carbocycles. The Balaban J connectivity index is 1.52. The second-order valence-electron chi connectivity index (χ2n) is 7.59. The van der Waals surface area contributed by atoms with Crippen LogP contribution in [0.5, 0.6) is 0 Å². The minimum atomic E-state index is -0.637. The highest BCUT2D eigenvalue weighted by Gasteiger charge is 2.52. The molecule has 2 aliphatic heterocycles. The molecule has 4 nitrogen and oxygen atoms in total. The van der Waals surface area contributed by atoms with Gasteiger partial charge in [-0.3, -0.25) is 9.59 Å². The fraction of sp³-hybridized carbons (Fsp3) is 0.391. The average Bonchev–Trinajstić information content (AvgIpc) is 3.14. The van der Waals surface area contributed by atoms with Crippen molar-refractivity contribution in [3.8, 4) is 0 Å². The van der Waals surface area contributed by atoms with Gasteiger partial charge in [0.2, 0.25) is 5.91 Å². The smallest absolute Gasteiger partial charge is 0.254 e. The number of piperidine rings is 1. The second kappa shape index (κ2) is 7.55. The molecule has 0 aromatic heterocycles. The van der Waals surface area contributed by atoms with Crippen LogP contribution in [0.1, 0.15) is 41.6 Å². The van der Waals surface area contributed by atoms with Gasteiger partial charge in [0.1, 0.15) is 5.54 Å². The number of benzene rings is 2. The number of carbonyl (C=O) groups is 2. The van der Waals surface area contributed by atoms with Crippen LogP contribution in [-0.2, 0) is 11.2 Å². The summed E-state index contributed by atoms with van der Waals surface area (Å²) in [5.74, 6) is 0.137. The van der Waals surface area contributed by atoms with E-state index in [1.165, 1.54) is 5.56 Å². The van der Waals surface area contributed by atoms with Crippen molar-refractivity contribution in [1.29, 1.82) is 0 Å². The van der Waals surface area contributed by atoms with Crippen LogP contribution < -0.4 is 0 Å². The Kier molecular flexibility index (Phi) is 4.97. The normalized spacial score (nSPS) is 22.4. The molecule has 140 valence electrons. The zero-order valence-corrected chi connectivity index (χ0v) is 15.6. The van der Waals surface area contributed by atoms with E-state index in [0.717, 1.165) is 45.2 Å². The zero-order chi connectivity index (χ0) is 18.7. The van der Waals surface area contributed by atoms with Crippen molar-refractivity contribution in [3.63, 3.8) is 0 Å². The molecule has 2 saturated heterocycles. The number of amides is 2. The third kappa shape index (κ3) is 3.36. The van der Waals surface area contributed by atoms with Gasteiger partial charge in [0.05, 0.1) is 0 Å². The van der Waals surface area contributed by atoms with Gasteiger partial charge >= 0.3 is 0 Å². The summed E-state index contributed by atoms with van der Waals surface area (Å²) < 4.78 is 0. The average molecular weight is 362 g/mol. The van der Waals surface area contributed by atoms with Gasteiger partial charge < -0.3 is 9.80 Å². The van der Waals surface area contributed by atoms with Crippen molar-refractivity contribution in [2.75, 3.05) is 19.6 Å². The van der Waals surface area contributed by atoms with E-state index in [2.05, 4.69) is 12.1 Å². The lowest BCUT2D eigenvalue weighted by molar-refractivity contribution is -0.145. The molecular formula is C23H26N2O2. The Labute approximate surface area is 160 Å². The molecule has 2 amide bonds. The lowest BCUT2D eigenvalue weighted by Crippen LogP contribution is -2.61. The van der Waals surface area contributed by atoms with Crippen LogP contribution in [-0.4, -0.2) is 46.8 Å². The number of hydrogen-bond acceptors (Lipinski definition) is 2. The number of rotatable bonds is 4. The molecule has 2 aromatic rings. The molecule has 2 heterocycles. The summed E-state index contributed by atoms with van der Waals surface area (Å²) in [6.45, 7) is 2.19. The van der Waals surface area contributed by atoms with Crippen molar-refractivity contribution >= 4 is 11.8 Å². The van der Waals surface area contributed by atoms with Crippen LogP contribution in [0.4, 0.5) is 0 Å². The summed E-state index contributed by atoms with van der Waals surface area (Å²) in [4.78, 5) is 30.4. The highest BCUT2D eigenvalue weighted by molar-refractivity contribution is 6.00. The summed E-state index contributed by atoms with van der Waals surface area (Å²) in [5, 5.41) is 0. The quantitative estimate of drug-likeness (QED) is 0.835. The minimum absolute atomic E-state index is 0.00800. The zero-order valence-electron chi connectivity index (χ0n) is 15.6. The Morgan fingerprint density at radius 2 is 1.52 bits per heavy atom. The van der Waals surface area contributed by atoms with E-state index in [-0.39, 0.29) is 11.8 Å². The molecule has 4 rings (SSSR count). The van der Waals surface area contributed by atoms with Crippen molar-refractivity contribution in [2.45, 2.75) is 37.6 Å². The van der Waals surface area contributed by atoms with Gasteiger partial charge in [-0.25, -0.2) is 0 Å². The van der Waals surface area contributed by atoms with Crippen molar-refractivity contribution in [3.05, 3.63) is 71.8 Å². The molecule has 0 saturated carbocycles. The van der Waals surface area contributed by atoms with Crippen molar-refractivity contribution in [2.24, 2.45) is 0 Å². The van der Waals surface area contributed by atoms with E-state index in [1.807, 2.05) is 58.3 Å². The molecule has 2 fully saturated rings. The molecule has 0 aliphatic carbocycles. The van der Waals surface area contributed by atoms with E-state index in [9.17, 15) is 9.59 Å². The third-order valence-electron chi connectivity index (χ3n) is 5.97. The van der Waals surface area contributed by atoms with Gasteiger partial charge in [-0.15, -0.1) is 0 Å². The first-order valence-corrected chi connectivity index (χ1v) is 9.91. The van der Waals surface area contributed by atoms with Crippen LogP contribution in [0.2, 0.25) is 0 Å². The number of carbonyl (C=O) groups excluding carboxylic acids is 2. The van der Waals surface area contributed by atoms with Gasteiger partial charge in [-0.2, -0.15) is 0 Å². The third-order valence-corrected chi connectivity index (χ3v) is 5.97. The van der Waals surface area contributed by atoms with Gasteiger partial charge in [0, 0.05) is 25.2 Å². The molecule has 27 heavy (non-hydrogen) atoms. The fourth-order valence-electron chi connectivity index (χ4n) is 4.58. The van der Waals surface area contributed by atoms with Crippen molar-refractivity contribution in [1.82, 2.24) is 9.80 Å². The van der Waals surface area contributed by atoms with E-state index in [1.54, 1.807) is 0 Å². The van der Waals surface area contributed by atoms with Gasteiger partial charge in [-0.05, 0) is 49.8 Å². The SMILES string of the molecule is O=C(c1ccccc1)N1CCCC12CCCN(CCc1ccccc1)C2=O. The maximum Gasteiger partial charge on any atom is 0.254 e. The number of likely N-dealkylation sites (tertiary alicyclic amines) is 2. The summed E-state index contributed by atoms with van der Waals surface area (Å²) in [7, 11) is 0. The molecular weight excluding hydrogens is 336 g/mol. The second-order valence-corrected chi connectivity index (χ2v) is 7.59. The Hall–Kier alpha value is -2.62. The van der Waals surface area contributed by atoms with Crippen molar-refractivity contribution < 1.29 is 9.59 Å². The standard InChI is InChI=1S/C23H26N2O2/c26-21(20-11-5-2-6-12-20)25-17-8-15-23(25)14-7-16-24(22(23)27)18-13-19-9-3-1-4-10-19/h1-6,9-12H,7-8,13-18H2. The Bertz CT molecular complexity index is 806. The molecule has 1 atom stereocenters. The predicted molar refractivity (Wildman–Crippen MR) is 105 cm³/mol. The molecule has 2 aliphatic rings. The fourth-order valence-corrected chi connectivity index (χ4v) is 4.58.